The summed E-state index contributed by atoms with van der Waals surface area (Å²) < 4.78 is 10.8. The van der Waals surface area contributed by atoms with Gasteiger partial charge >= 0.3 is 0 Å². The summed E-state index contributed by atoms with van der Waals surface area (Å²) in [5, 5.41) is 3.11. The van der Waals surface area contributed by atoms with Gasteiger partial charge in [0.2, 0.25) is 12.7 Å². The molecule has 0 bridgehead atoms. The second-order valence-corrected chi connectivity index (χ2v) is 8.74. The summed E-state index contributed by atoms with van der Waals surface area (Å²) in [6, 6.07) is 14.7. The summed E-state index contributed by atoms with van der Waals surface area (Å²) in [6.07, 6.45) is 4.49. The zero-order chi connectivity index (χ0) is 21.9. The number of ether oxygens (including phenoxy) is 2. The number of hydrogen-bond acceptors (Lipinski definition) is 5. The molecule has 5 rings (SSSR count). The van der Waals surface area contributed by atoms with Gasteiger partial charge in [-0.05, 0) is 43.0 Å². The van der Waals surface area contributed by atoms with E-state index in [0.717, 1.165) is 18.5 Å². The fourth-order valence-electron chi connectivity index (χ4n) is 5.11. The number of nitrogens with one attached hydrogen (secondary N) is 1. The molecule has 1 saturated carbocycles. The Bertz CT molecular complexity index is 966. The van der Waals surface area contributed by atoms with Crippen molar-refractivity contribution in [2.24, 2.45) is 5.92 Å². The highest BCUT2D eigenvalue weighted by atomic mass is 16.7. The third-order valence-corrected chi connectivity index (χ3v) is 6.77. The fourth-order valence-corrected chi connectivity index (χ4v) is 5.11. The molecule has 1 aliphatic carbocycles. The summed E-state index contributed by atoms with van der Waals surface area (Å²) in [7, 11) is 0. The number of amides is 2. The molecule has 0 spiro atoms. The highest BCUT2D eigenvalue weighted by Gasteiger charge is 2.37. The van der Waals surface area contributed by atoms with Crippen molar-refractivity contribution in [3.05, 3.63) is 54.1 Å². The number of nitrogens with zero attached hydrogens (tertiary/aromatic N) is 2. The first kappa shape index (κ1) is 20.8. The Labute approximate surface area is 188 Å². The Hall–Kier alpha value is -3.06. The molecule has 1 saturated heterocycles. The fraction of sp³-hybridized carbons (Fsp3) is 0.440. The minimum Gasteiger partial charge on any atom is -0.454 e. The lowest BCUT2D eigenvalue weighted by Crippen LogP contribution is -2.56. The summed E-state index contributed by atoms with van der Waals surface area (Å²) in [5.41, 5.74) is 1.44. The normalized spacial score (nSPS) is 19.7. The summed E-state index contributed by atoms with van der Waals surface area (Å²) in [6.45, 7) is 2.88. The van der Waals surface area contributed by atoms with Crippen molar-refractivity contribution >= 4 is 17.5 Å². The molecule has 2 amide bonds. The summed E-state index contributed by atoms with van der Waals surface area (Å²) in [4.78, 5) is 30.4. The molecule has 1 atom stereocenters. The third kappa shape index (κ3) is 4.30. The van der Waals surface area contributed by atoms with Crippen molar-refractivity contribution in [3.8, 4) is 11.5 Å². The Morgan fingerprint density at radius 2 is 1.62 bits per heavy atom. The first-order chi connectivity index (χ1) is 15.7. The molecule has 2 heterocycles. The van der Waals surface area contributed by atoms with Crippen LogP contribution in [0.25, 0.3) is 0 Å². The van der Waals surface area contributed by atoms with Crippen molar-refractivity contribution in [2.75, 3.05) is 38.3 Å². The van der Waals surface area contributed by atoms with Gasteiger partial charge in [-0.2, -0.15) is 0 Å². The number of benzene rings is 2. The Balaban J connectivity index is 1.26. The van der Waals surface area contributed by atoms with Crippen LogP contribution in [0.2, 0.25) is 0 Å². The molecule has 168 valence electrons. The second kappa shape index (κ2) is 9.20. The third-order valence-electron chi connectivity index (χ3n) is 6.77. The van der Waals surface area contributed by atoms with Crippen LogP contribution in [0.4, 0.5) is 5.69 Å². The van der Waals surface area contributed by atoms with E-state index in [-0.39, 0.29) is 24.6 Å². The SMILES string of the molecule is O=C(Nc1ccc2c(c1)OCO2)[C@H](C1CCCC1)N1CCN(C(=O)c2ccccc2)CC1. The van der Waals surface area contributed by atoms with Crippen molar-refractivity contribution in [1.29, 1.82) is 0 Å². The predicted molar refractivity (Wildman–Crippen MR) is 121 cm³/mol. The van der Waals surface area contributed by atoms with Crippen LogP contribution in [-0.2, 0) is 4.79 Å². The molecule has 0 aromatic heterocycles. The van der Waals surface area contributed by atoms with Gasteiger partial charge in [-0.15, -0.1) is 0 Å². The lowest BCUT2D eigenvalue weighted by Gasteiger charge is -2.40. The van der Waals surface area contributed by atoms with E-state index in [1.165, 1.54) is 12.8 Å². The maximum Gasteiger partial charge on any atom is 0.253 e. The molecule has 1 N–H and O–H groups in total. The smallest absolute Gasteiger partial charge is 0.253 e. The van der Waals surface area contributed by atoms with Crippen LogP contribution < -0.4 is 14.8 Å². The van der Waals surface area contributed by atoms with Crippen LogP contribution in [-0.4, -0.2) is 60.6 Å². The Kier molecular flexibility index (Phi) is 5.99. The van der Waals surface area contributed by atoms with Gasteiger partial charge in [0.05, 0.1) is 6.04 Å². The lowest BCUT2D eigenvalue weighted by atomic mass is 9.94. The first-order valence-electron chi connectivity index (χ1n) is 11.5. The molecule has 7 nitrogen and oxygen atoms in total. The number of anilines is 1. The predicted octanol–water partition coefficient (Wildman–Crippen LogP) is 3.37. The molecular weight excluding hydrogens is 406 g/mol. The van der Waals surface area contributed by atoms with E-state index >= 15 is 0 Å². The monoisotopic (exact) mass is 435 g/mol. The van der Waals surface area contributed by atoms with Crippen LogP contribution in [0.5, 0.6) is 11.5 Å². The largest absolute Gasteiger partial charge is 0.454 e. The molecule has 0 radical (unpaired) electrons. The highest BCUT2D eigenvalue weighted by molar-refractivity contribution is 5.96. The number of rotatable bonds is 5. The van der Waals surface area contributed by atoms with E-state index < -0.39 is 0 Å². The van der Waals surface area contributed by atoms with Gasteiger partial charge in [0, 0.05) is 43.5 Å². The molecular formula is C25H29N3O4. The average molecular weight is 436 g/mol. The zero-order valence-electron chi connectivity index (χ0n) is 18.2. The van der Waals surface area contributed by atoms with Crippen LogP contribution in [0.3, 0.4) is 0 Å². The van der Waals surface area contributed by atoms with Crippen molar-refractivity contribution in [3.63, 3.8) is 0 Å². The number of hydrogen-bond donors (Lipinski definition) is 1. The van der Waals surface area contributed by atoms with Gasteiger partial charge in [0.25, 0.3) is 5.91 Å². The van der Waals surface area contributed by atoms with E-state index in [2.05, 4.69) is 10.2 Å². The highest BCUT2D eigenvalue weighted by Crippen LogP contribution is 2.35. The van der Waals surface area contributed by atoms with E-state index in [9.17, 15) is 9.59 Å². The molecule has 2 aromatic rings. The molecule has 3 aliphatic rings. The van der Waals surface area contributed by atoms with E-state index in [4.69, 9.17) is 9.47 Å². The molecule has 2 aromatic carbocycles. The standard InChI is InChI=1S/C25H29N3O4/c29-24(26-20-10-11-21-22(16-20)32-17-31-21)23(18-6-4-5-7-18)27-12-14-28(15-13-27)25(30)19-8-2-1-3-9-19/h1-3,8-11,16,18,23H,4-7,12-15,17H2,(H,26,29)/t23-/m0/s1. The molecule has 7 heteroatoms. The molecule has 0 unspecified atom stereocenters. The van der Waals surface area contributed by atoms with E-state index in [1.807, 2.05) is 53.4 Å². The summed E-state index contributed by atoms with van der Waals surface area (Å²) in [5.74, 6) is 1.80. The van der Waals surface area contributed by atoms with Gasteiger partial charge in [-0.25, -0.2) is 0 Å². The van der Waals surface area contributed by atoms with Crippen molar-refractivity contribution in [1.82, 2.24) is 9.80 Å². The van der Waals surface area contributed by atoms with Gasteiger partial charge < -0.3 is 19.7 Å². The molecule has 2 fully saturated rings. The zero-order valence-corrected chi connectivity index (χ0v) is 18.2. The second-order valence-electron chi connectivity index (χ2n) is 8.74. The van der Waals surface area contributed by atoms with E-state index in [1.54, 1.807) is 0 Å². The van der Waals surface area contributed by atoms with Gasteiger partial charge in [0.1, 0.15) is 0 Å². The number of carbonyl (C=O) groups excluding carboxylic acids is 2. The molecule has 2 aliphatic heterocycles. The minimum absolute atomic E-state index is 0.0265. The van der Waals surface area contributed by atoms with Crippen LogP contribution in [0, 0.1) is 5.92 Å². The molecule has 32 heavy (non-hydrogen) atoms. The number of carbonyl (C=O) groups is 2. The minimum atomic E-state index is -0.183. The summed E-state index contributed by atoms with van der Waals surface area (Å²) >= 11 is 0. The Morgan fingerprint density at radius 1 is 0.906 bits per heavy atom. The first-order valence-corrected chi connectivity index (χ1v) is 11.5. The van der Waals surface area contributed by atoms with E-state index in [0.29, 0.717) is 49.2 Å². The number of fused-ring (bicyclic) bond motifs is 1. The Morgan fingerprint density at radius 3 is 2.38 bits per heavy atom. The maximum absolute atomic E-state index is 13.4. The average Bonchev–Trinajstić information content (AvgIpc) is 3.52. The number of piperazine rings is 1. The van der Waals surface area contributed by atoms with Gasteiger partial charge in [0.15, 0.2) is 11.5 Å². The van der Waals surface area contributed by atoms with Gasteiger partial charge in [-0.3, -0.25) is 14.5 Å². The van der Waals surface area contributed by atoms with Crippen molar-refractivity contribution in [2.45, 2.75) is 31.7 Å². The lowest BCUT2D eigenvalue weighted by molar-refractivity contribution is -0.123. The van der Waals surface area contributed by atoms with Crippen molar-refractivity contribution < 1.29 is 19.1 Å². The van der Waals surface area contributed by atoms with Crippen LogP contribution >= 0.6 is 0 Å². The maximum atomic E-state index is 13.4. The van der Waals surface area contributed by atoms with Crippen LogP contribution in [0.1, 0.15) is 36.0 Å². The van der Waals surface area contributed by atoms with Crippen LogP contribution in [0.15, 0.2) is 48.5 Å². The quantitative estimate of drug-likeness (QED) is 0.780. The van der Waals surface area contributed by atoms with Gasteiger partial charge in [-0.1, -0.05) is 31.0 Å². The topological polar surface area (TPSA) is 71.1 Å².